The van der Waals surface area contributed by atoms with Gasteiger partial charge in [0.1, 0.15) is 5.82 Å². The van der Waals surface area contributed by atoms with Crippen LogP contribution in [0.4, 0.5) is 4.39 Å². The Labute approximate surface area is 165 Å². The third kappa shape index (κ3) is 3.35. The van der Waals surface area contributed by atoms with E-state index < -0.39 is 40.9 Å². The van der Waals surface area contributed by atoms with Gasteiger partial charge in [-0.3, -0.25) is 18.7 Å². The van der Waals surface area contributed by atoms with Crippen LogP contribution in [0.15, 0.2) is 33.9 Å². The van der Waals surface area contributed by atoms with Crippen LogP contribution >= 0.6 is 0 Å². The SMILES string of the molecule is O=C1c2c(O)c(=O)n(C3CCCCC3O)c(=O)n2CCN1Cc1ccc(F)cc1. The van der Waals surface area contributed by atoms with Crippen molar-refractivity contribution in [1.29, 1.82) is 0 Å². The van der Waals surface area contributed by atoms with Gasteiger partial charge in [-0.1, -0.05) is 25.0 Å². The Morgan fingerprint density at radius 2 is 1.72 bits per heavy atom. The molecule has 154 valence electrons. The summed E-state index contributed by atoms with van der Waals surface area (Å²) in [5.41, 5.74) is -1.30. The maximum absolute atomic E-state index is 13.1. The Bertz CT molecular complexity index is 1060. The molecule has 2 aliphatic rings. The molecule has 2 heterocycles. The van der Waals surface area contributed by atoms with Crippen molar-refractivity contribution >= 4 is 5.91 Å². The van der Waals surface area contributed by atoms with Gasteiger partial charge in [-0.2, -0.15) is 0 Å². The van der Waals surface area contributed by atoms with E-state index in [2.05, 4.69) is 0 Å². The van der Waals surface area contributed by atoms with Gasteiger partial charge in [-0.25, -0.2) is 9.18 Å². The quantitative estimate of drug-likeness (QED) is 0.795. The third-order valence-electron chi connectivity index (χ3n) is 5.75. The smallest absolute Gasteiger partial charge is 0.332 e. The molecule has 8 nitrogen and oxygen atoms in total. The number of benzene rings is 1. The molecule has 1 aliphatic heterocycles. The molecule has 2 unspecified atom stereocenters. The Morgan fingerprint density at radius 3 is 2.41 bits per heavy atom. The molecule has 0 radical (unpaired) electrons. The van der Waals surface area contributed by atoms with Crippen molar-refractivity contribution in [1.82, 2.24) is 14.0 Å². The summed E-state index contributed by atoms with van der Waals surface area (Å²) < 4.78 is 15.1. The lowest BCUT2D eigenvalue weighted by Gasteiger charge is -2.33. The van der Waals surface area contributed by atoms with Crippen molar-refractivity contribution < 1.29 is 19.4 Å². The maximum atomic E-state index is 13.1. The van der Waals surface area contributed by atoms with Crippen LogP contribution in [0.5, 0.6) is 5.75 Å². The standard InChI is InChI=1S/C20H22FN3O5/c21-13-7-5-12(6-8-13)11-22-9-10-23-16(18(22)27)17(26)19(28)24(20(23)29)14-3-1-2-4-15(14)25/h5-8,14-15,25-26H,1-4,9-11H2. The number of rotatable bonds is 3. The summed E-state index contributed by atoms with van der Waals surface area (Å²) in [6.07, 6.45) is 1.66. The molecule has 1 aliphatic carbocycles. The first-order valence-electron chi connectivity index (χ1n) is 9.68. The van der Waals surface area contributed by atoms with Gasteiger partial charge in [0, 0.05) is 19.6 Å². The van der Waals surface area contributed by atoms with E-state index in [1.807, 2.05) is 0 Å². The summed E-state index contributed by atoms with van der Waals surface area (Å²) in [5.74, 6) is -1.81. The summed E-state index contributed by atoms with van der Waals surface area (Å²) in [7, 11) is 0. The van der Waals surface area contributed by atoms with Crippen LogP contribution in [0.25, 0.3) is 0 Å². The number of aromatic hydroxyl groups is 1. The largest absolute Gasteiger partial charge is 0.501 e. The maximum Gasteiger partial charge on any atom is 0.332 e. The summed E-state index contributed by atoms with van der Waals surface area (Å²) in [6, 6.07) is 4.96. The molecule has 1 aromatic heterocycles. The number of aliphatic hydroxyl groups excluding tert-OH is 1. The third-order valence-corrected chi connectivity index (χ3v) is 5.75. The molecular weight excluding hydrogens is 381 g/mol. The van der Waals surface area contributed by atoms with E-state index >= 15 is 0 Å². The van der Waals surface area contributed by atoms with Crippen LogP contribution in [0, 0.1) is 5.82 Å². The monoisotopic (exact) mass is 403 g/mol. The highest BCUT2D eigenvalue weighted by atomic mass is 19.1. The second kappa shape index (κ2) is 7.47. The molecular formula is C20H22FN3O5. The van der Waals surface area contributed by atoms with Gasteiger partial charge in [-0.05, 0) is 30.5 Å². The van der Waals surface area contributed by atoms with Gasteiger partial charge >= 0.3 is 5.69 Å². The summed E-state index contributed by atoms with van der Waals surface area (Å²) >= 11 is 0. The number of hydrogen-bond donors (Lipinski definition) is 2. The number of carbonyl (C=O) groups excluding carboxylic acids is 1. The van der Waals surface area contributed by atoms with Gasteiger partial charge in [0.15, 0.2) is 5.69 Å². The fourth-order valence-corrected chi connectivity index (χ4v) is 4.20. The van der Waals surface area contributed by atoms with E-state index in [0.29, 0.717) is 18.4 Å². The lowest BCUT2D eigenvalue weighted by Crippen LogP contribution is -2.52. The Balaban J connectivity index is 1.71. The minimum Gasteiger partial charge on any atom is -0.501 e. The second-order valence-corrected chi connectivity index (χ2v) is 7.58. The molecule has 0 bridgehead atoms. The molecule has 9 heteroatoms. The first kappa shape index (κ1) is 19.4. The van der Waals surface area contributed by atoms with Crippen molar-refractivity contribution in [3.8, 4) is 5.75 Å². The molecule has 2 N–H and O–H groups in total. The predicted octanol–water partition coefficient (Wildman–Crippen LogP) is 0.987. The van der Waals surface area contributed by atoms with E-state index in [1.165, 1.54) is 17.0 Å². The highest BCUT2D eigenvalue weighted by Gasteiger charge is 2.35. The van der Waals surface area contributed by atoms with Crippen molar-refractivity contribution in [3.63, 3.8) is 0 Å². The van der Waals surface area contributed by atoms with Crippen molar-refractivity contribution in [2.45, 2.75) is 50.9 Å². The molecule has 1 saturated carbocycles. The highest BCUT2D eigenvalue weighted by molar-refractivity contribution is 5.95. The molecule has 1 fully saturated rings. The lowest BCUT2D eigenvalue weighted by atomic mass is 9.92. The van der Waals surface area contributed by atoms with Crippen molar-refractivity contribution in [2.24, 2.45) is 0 Å². The highest BCUT2D eigenvalue weighted by Crippen LogP contribution is 2.28. The zero-order valence-electron chi connectivity index (χ0n) is 15.8. The molecule has 0 saturated heterocycles. The van der Waals surface area contributed by atoms with Crippen LogP contribution in [-0.2, 0) is 13.1 Å². The minimum atomic E-state index is -0.954. The van der Waals surface area contributed by atoms with Crippen molar-refractivity contribution in [3.05, 3.63) is 62.2 Å². The fraction of sp³-hybridized carbons (Fsp3) is 0.450. The number of amides is 1. The minimum absolute atomic E-state index is 0.109. The van der Waals surface area contributed by atoms with Crippen molar-refractivity contribution in [2.75, 3.05) is 6.54 Å². The molecule has 2 aromatic rings. The Morgan fingerprint density at radius 1 is 1.03 bits per heavy atom. The zero-order chi connectivity index (χ0) is 20.7. The van der Waals surface area contributed by atoms with Gasteiger partial charge < -0.3 is 15.1 Å². The Hall–Kier alpha value is -2.94. The first-order chi connectivity index (χ1) is 13.9. The number of nitrogens with zero attached hydrogens (tertiary/aromatic N) is 3. The molecule has 29 heavy (non-hydrogen) atoms. The number of fused-ring (bicyclic) bond motifs is 1. The zero-order valence-corrected chi connectivity index (χ0v) is 15.8. The number of aromatic nitrogens is 2. The van der Waals surface area contributed by atoms with Crippen LogP contribution < -0.4 is 11.2 Å². The molecule has 1 aromatic carbocycles. The van der Waals surface area contributed by atoms with E-state index in [4.69, 9.17) is 0 Å². The predicted molar refractivity (Wildman–Crippen MR) is 101 cm³/mol. The summed E-state index contributed by atoms with van der Waals surface area (Å²) in [5, 5.41) is 20.7. The molecule has 4 rings (SSSR count). The van der Waals surface area contributed by atoms with Gasteiger partial charge in [0.2, 0.25) is 5.75 Å². The lowest BCUT2D eigenvalue weighted by molar-refractivity contribution is 0.0634. The summed E-state index contributed by atoms with van der Waals surface area (Å²) in [6.45, 7) is 0.475. The number of hydrogen-bond acceptors (Lipinski definition) is 5. The fourth-order valence-electron chi connectivity index (χ4n) is 4.20. The van der Waals surface area contributed by atoms with Gasteiger partial charge in [-0.15, -0.1) is 0 Å². The van der Waals surface area contributed by atoms with Gasteiger partial charge in [0.05, 0.1) is 12.1 Å². The number of aliphatic hydroxyl groups is 1. The summed E-state index contributed by atoms with van der Waals surface area (Å²) in [4.78, 5) is 40.0. The normalized spacial score (nSPS) is 21.9. The van der Waals surface area contributed by atoms with E-state index in [-0.39, 0.29) is 25.3 Å². The molecule has 2 atom stereocenters. The number of halogens is 1. The van der Waals surface area contributed by atoms with Crippen LogP contribution in [0.3, 0.4) is 0 Å². The van der Waals surface area contributed by atoms with Crippen LogP contribution in [0.2, 0.25) is 0 Å². The second-order valence-electron chi connectivity index (χ2n) is 7.58. The topological polar surface area (TPSA) is 105 Å². The molecule has 1 amide bonds. The van der Waals surface area contributed by atoms with Crippen LogP contribution in [-0.4, -0.2) is 42.8 Å². The van der Waals surface area contributed by atoms with Crippen LogP contribution in [0.1, 0.15) is 47.8 Å². The number of carbonyl (C=O) groups is 1. The first-order valence-corrected chi connectivity index (χ1v) is 9.68. The van der Waals surface area contributed by atoms with E-state index in [1.54, 1.807) is 12.1 Å². The average molecular weight is 403 g/mol. The van der Waals surface area contributed by atoms with E-state index in [0.717, 1.165) is 22.0 Å². The Kier molecular flexibility index (Phi) is 4.99. The molecule has 0 spiro atoms. The van der Waals surface area contributed by atoms with E-state index in [9.17, 15) is 29.0 Å². The van der Waals surface area contributed by atoms with Gasteiger partial charge in [0.25, 0.3) is 11.5 Å². The average Bonchev–Trinajstić information content (AvgIpc) is 2.71.